The van der Waals surface area contributed by atoms with Gasteiger partial charge in [0, 0.05) is 29.4 Å². The highest BCUT2D eigenvalue weighted by Gasteiger charge is 2.24. The normalized spacial score (nSPS) is 12.6. The van der Waals surface area contributed by atoms with Crippen molar-refractivity contribution in [2.45, 2.75) is 25.8 Å². The standard InChI is InChI=1S/C17H19N3O3S2/c1-3-11(15(18)21)20-13(6-7-23-2)19-16-14(17(20)22)10(9-25-16)12-5-4-8-24-12/h4-5,8-9,11H,3,6-7H2,1-2H3,(H2,18,21). The zero-order chi connectivity index (χ0) is 18.0. The molecule has 8 heteroatoms. The van der Waals surface area contributed by atoms with Crippen LogP contribution < -0.4 is 11.3 Å². The van der Waals surface area contributed by atoms with Gasteiger partial charge in [0.05, 0.1) is 12.0 Å². The van der Waals surface area contributed by atoms with E-state index in [1.54, 1.807) is 18.4 Å². The van der Waals surface area contributed by atoms with E-state index in [1.165, 1.54) is 15.9 Å². The Bertz CT molecular complexity index is 944. The molecular weight excluding hydrogens is 358 g/mol. The van der Waals surface area contributed by atoms with Gasteiger partial charge in [0.2, 0.25) is 5.91 Å². The summed E-state index contributed by atoms with van der Waals surface area (Å²) >= 11 is 3.00. The summed E-state index contributed by atoms with van der Waals surface area (Å²) in [6, 6.07) is 3.20. The number of hydrogen-bond acceptors (Lipinski definition) is 6. The molecule has 0 aliphatic heterocycles. The van der Waals surface area contributed by atoms with Crippen molar-refractivity contribution in [3.8, 4) is 10.4 Å². The summed E-state index contributed by atoms with van der Waals surface area (Å²) in [4.78, 5) is 31.5. The summed E-state index contributed by atoms with van der Waals surface area (Å²) in [5.41, 5.74) is 6.19. The molecule has 0 fully saturated rings. The molecule has 0 aliphatic carbocycles. The number of methoxy groups -OCH3 is 1. The molecule has 0 spiro atoms. The smallest absolute Gasteiger partial charge is 0.263 e. The lowest BCUT2D eigenvalue weighted by molar-refractivity contribution is -0.121. The van der Waals surface area contributed by atoms with E-state index in [-0.39, 0.29) is 5.56 Å². The van der Waals surface area contributed by atoms with E-state index in [9.17, 15) is 9.59 Å². The molecule has 1 amide bonds. The van der Waals surface area contributed by atoms with Crippen LogP contribution in [0.15, 0.2) is 27.7 Å². The highest BCUT2D eigenvalue weighted by molar-refractivity contribution is 7.18. The van der Waals surface area contributed by atoms with Crippen molar-refractivity contribution in [1.82, 2.24) is 9.55 Å². The minimum atomic E-state index is -0.715. The molecule has 0 radical (unpaired) electrons. The van der Waals surface area contributed by atoms with E-state index < -0.39 is 11.9 Å². The second-order valence-electron chi connectivity index (χ2n) is 5.58. The van der Waals surface area contributed by atoms with E-state index in [0.717, 1.165) is 10.4 Å². The lowest BCUT2D eigenvalue weighted by atomic mass is 10.1. The van der Waals surface area contributed by atoms with Gasteiger partial charge in [0.15, 0.2) is 0 Å². The van der Waals surface area contributed by atoms with Gasteiger partial charge >= 0.3 is 0 Å². The number of amides is 1. The predicted octanol–water partition coefficient (Wildman–Crippen LogP) is 2.81. The molecule has 2 N–H and O–H groups in total. The summed E-state index contributed by atoms with van der Waals surface area (Å²) in [7, 11) is 1.59. The Balaban J connectivity index is 2.29. The van der Waals surface area contributed by atoms with E-state index in [1.807, 2.05) is 29.8 Å². The average Bonchev–Trinajstić information content (AvgIpc) is 3.24. The molecule has 0 bridgehead atoms. The summed E-state index contributed by atoms with van der Waals surface area (Å²) in [6.45, 7) is 2.25. The molecule has 1 unspecified atom stereocenters. The number of nitrogens with two attached hydrogens (primary N) is 1. The first-order valence-corrected chi connectivity index (χ1v) is 9.69. The number of fused-ring (bicyclic) bond motifs is 1. The lowest BCUT2D eigenvalue weighted by Crippen LogP contribution is -2.36. The second kappa shape index (κ2) is 7.47. The van der Waals surface area contributed by atoms with Crippen molar-refractivity contribution >= 4 is 38.8 Å². The highest BCUT2D eigenvalue weighted by Crippen LogP contribution is 2.34. The first kappa shape index (κ1) is 17.8. The largest absolute Gasteiger partial charge is 0.384 e. The van der Waals surface area contributed by atoms with Crippen molar-refractivity contribution in [3.63, 3.8) is 0 Å². The Hall–Kier alpha value is -2.03. The zero-order valence-corrected chi connectivity index (χ0v) is 15.7. The van der Waals surface area contributed by atoms with Crippen LogP contribution in [0.5, 0.6) is 0 Å². The third-order valence-electron chi connectivity index (χ3n) is 4.06. The highest BCUT2D eigenvalue weighted by atomic mass is 32.1. The Morgan fingerprint density at radius 2 is 2.24 bits per heavy atom. The van der Waals surface area contributed by atoms with Crippen LogP contribution in [0, 0.1) is 0 Å². The second-order valence-corrected chi connectivity index (χ2v) is 7.39. The van der Waals surface area contributed by atoms with E-state index in [2.05, 4.69) is 4.98 Å². The van der Waals surface area contributed by atoms with Crippen LogP contribution in [0.25, 0.3) is 20.7 Å². The van der Waals surface area contributed by atoms with Crippen molar-refractivity contribution in [2.75, 3.05) is 13.7 Å². The van der Waals surface area contributed by atoms with Gasteiger partial charge in [-0.2, -0.15) is 0 Å². The molecule has 3 aromatic rings. The van der Waals surface area contributed by atoms with Gasteiger partial charge in [-0.05, 0) is 17.9 Å². The Labute approximate surface area is 152 Å². The molecule has 0 aliphatic rings. The molecule has 0 saturated heterocycles. The van der Waals surface area contributed by atoms with Gasteiger partial charge in [-0.3, -0.25) is 14.2 Å². The van der Waals surface area contributed by atoms with E-state index in [0.29, 0.717) is 35.5 Å². The summed E-state index contributed by atoms with van der Waals surface area (Å²) < 4.78 is 6.58. The fourth-order valence-electron chi connectivity index (χ4n) is 2.86. The molecule has 3 aromatic heterocycles. The Kier molecular flexibility index (Phi) is 5.31. The van der Waals surface area contributed by atoms with Crippen molar-refractivity contribution in [2.24, 2.45) is 5.73 Å². The third kappa shape index (κ3) is 3.24. The monoisotopic (exact) mass is 377 g/mol. The molecule has 1 atom stereocenters. The molecule has 3 rings (SSSR count). The number of nitrogens with zero attached hydrogens (tertiary/aromatic N) is 2. The number of carbonyl (C=O) groups is 1. The number of thiophene rings is 2. The number of ether oxygens (including phenoxy) is 1. The van der Waals surface area contributed by atoms with Crippen LogP contribution in [0.2, 0.25) is 0 Å². The fourth-order valence-corrected chi connectivity index (χ4v) is 4.63. The maximum atomic E-state index is 13.3. The quantitative estimate of drug-likeness (QED) is 0.686. The first-order chi connectivity index (χ1) is 12.1. The molecule has 3 heterocycles. The topological polar surface area (TPSA) is 87.2 Å². The average molecular weight is 377 g/mol. The van der Waals surface area contributed by atoms with Gasteiger partial charge in [-0.15, -0.1) is 22.7 Å². The molecule has 6 nitrogen and oxygen atoms in total. The maximum absolute atomic E-state index is 13.3. The summed E-state index contributed by atoms with van der Waals surface area (Å²) in [5.74, 6) is 0.00176. The fraction of sp³-hybridized carbons (Fsp3) is 0.353. The van der Waals surface area contributed by atoms with Gasteiger partial charge in [0.25, 0.3) is 5.56 Å². The maximum Gasteiger partial charge on any atom is 0.263 e. The van der Waals surface area contributed by atoms with Gasteiger partial charge in [-0.1, -0.05) is 13.0 Å². The van der Waals surface area contributed by atoms with Crippen LogP contribution >= 0.6 is 22.7 Å². The minimum absolute atomic E-state index is 0.216. The van der Waals surface area contributed by atoms with Crippen molar-refractivity contribution < 1.29 is 9.53 Å². The van der Waals surface area contributed by atoms with Crippen LogP contribution in [0.3, 0.4) is 0 Å². The number of aromatic nitrogens is 2. The lowest BCUT2D eigenvalue weighted by Gasteiger charge is -2.19. The van der Waals surface area contributed by atoms with Crippen molar-refractivity contribution in [1.29, 1.82) is 0 Å². The predicted molar refractivity (Wildman–Crippen MR) is 101 cm³/mol. The number of primary amides is 1. The van der Waals surface area contributed by atoms with Crippen LogP contribution in [0.1, 0.15) is 25.2 Å². The van der Waals surface area contributed by atoms with E-state index in [4.69, 9.17) is 10.5 Å². The SMILES string of the molecule is CCC(C(N)=O)n1c(CCOC)nc2scc(-c3cccs3)c2c1=O. The van der Waals surface area contributed by atoms with Crippen LogP contribution in [-0.4, -0.2) is 29.2 Å². The molecule has 0 saturated carbocycles. The number of rotatable bonds is 7. The number of hydrogen-bond donors (Lipinski definition) is 1. The summed E-state index contributed by atoms with van der Waals surface area (Å²) in [5, 5.41) is 4.46. The third-order valence-corrected chi connectivity index (χ3v) is 5.83. The van der Waals surface area contributed by atoms with Gasteiger partial charge in [0.1, 0.15) is 16.7 Å². The number of carbonyl (C=O) groups excluding carboxylic acids is 1. The molecule has 132 valence electrons. The molecule has 0 aromatic carbocycles. The van der Waals surface area contributed by atoms with Crippen LogP contribution in [-0.2, 0) is 16.0 Å². The molecule has 25 heavy (non-hydrogen) atoms. The van der Waals surface area contributed by atoms with Gasteiger partial charge < -0.3 is 10.5 Å². The van der Waals surface area contributed by atoms with Crippen LogP contribution in [0.4, 0.5) is 0 Å². The zero-order valence-electron chi connectivity index (χ0n) is 14.0. The summed E-state index contributed by atoms with van der Waals surface area (Å²) in [6.07, 6.45) is 0.874. The Morgan fingerprint density at radius 1 is 1.44 bits per heavy atom. The van der Waals surface area contributed by atoms with Gasteiger partial charge in [-0.25, -0.2) is 4.98 Å². The first-order valence-electron chi connectivity index (χ1n) is 7.93. The minimum Gasteiger partial charge on any atom is -0.384 e. The Morgan fingerprint density at radius 3 is 2.84 bits per heavy atom. The molecular formula is C17H19N3O3S2. The van der Waals surface area contributed by atoms with E-state index >= 15 is 0 Å². The van der Waals surface area contributed by atoms with Crippen molar-refractivity contribution in [3.05, 3.63) is 39.1 Å².